The molecule has 1 aliphatic carbocycles. The molecule has 5 heteroatoms. The monoisotopic (exact) mass is 219 g/mol. The van der Waals surface area contributed by atoms with Crippen molar-refractivity contribution in [1.82, 2.24) is 5.32 Å². The molecule has 15 heavy (non-hydrogen) atoms. The second kappa shape index (κ2) is 3.81. The van der Waals surface area contributed by atoms with Crippen LogP contribution in [0.15, 0.2) is 12.2 Å². The molecule has 2 aliphatic rings. The first-order valence-electron chi connectivity index (χ1n) is 5.13. The highest BCUT2D eigenvalue weighted by Gasteiger charge is 2.54. The zero-order valence-corrected chi connectivity index (χ0v) is 8.24. The highest BCUT2D eigenvalue weighted by Crippen LogP contribution is 2.47. The van der Waals surface area contributed by atoms with Gasteiger partial charge in [-0.2, -0.15) is 0 Å². The lowest BCUT2D eigenvalue weighted by atomic mass is 9.84. The van der Waals surface area contributed by atoms with Gasteiger partial charge < -0.3 is 15.5 Å². The normalized spacial score (nSPS) is 39.1. The van der Waals surface area contributed by atoms with Crippen LogP contribution in [0.2, 0.25) is 0 Å². The predicted molar refractivity (Wildman–Crippen MR) is 50.6 cm³/mol. The van der Waals surface area contributed by atoms with Gasteiger partial charge in [0.15, 0.2) is 0 Å². The molecule has 2 fully saturated rings. The fraction of sp³-hybridized carbons (Fsp3) is 0.800. The van der Waals surface area contributed by atoms with Crippen LogP contribution in [-0.4, -0.2) is 40.9 Å². The van der Waals surface area contributed by atoms with E-state index in [0.29, 0.717) is 6.54 Å². The van der Waals surface area contributed by atoms with E-state index in [-0.39, 0.29) is 5.54 Å². The maximum absolute atomic E-state index is 12.0. The lowest BCUT2D eigenvalue weighted by Crippen LogP contribution is -2.57. The second-order valence-electron chi connectivity index (χ2n) is 4.34. The Labute approximate surface area is 86.8 Å². The van der Waals surface area contributed by atoms with Crippen molar-refractivity contribution < 1.29 is 19.0 Å². The van der Waals surface area contributed by atoms with E-state index in [4.69, 9.17) is 0 Å². The number of aliphatic hydroxyl groups excluding tert-OH is 2. The molecule has 2 rings (SSSR count). The Bertz CT molecular complexity index is 266. The van der Waals surface area contributed by atoms with Gasteiger partial charge in [-0.3, -0.25) is 0 Å². The van der Waals surface area contributed by atoms with Crippen molar-refractivity contribution in [3.05, 3.63) is 12.2 Å². The van der Waals surface area contributed by atoms with Gasteiger partial charge >= 0.3 is 0 Å². The topological polar surface area (TPSA) is 52.5 Å². The van der Waals surface area contributed by atoms with Crippen molar-refractivity contribution in [3.8, 4) is 0 Å². The van der Waals surface area contributed by atoms with Crippen molar-refractivity contribution in [2.75, 3.05) is 6.54 Å². The lowest BCUT2D eigenvalue weighted by molar-refractivity contribution is -0.0424. The van der Waals surface area contributed by atoms with Crippen molar-refractivity contribution in [2.45, 2.75) is 37.0 Å². The van der Waals surface area contributed by atoms with Gasteiger partial charge in [0.25, 0.3) is 6.43 Å². The fourth-order valence-corrected chi connectivity index (χ4v) is 2.26. The number of hydrogen-bond donors (Lipinski definition) is 3. The van der Waals surface area contributed by atoms with Crippen LogP contribution >= 0.6 is 0 Å². The Morgan fingerprint density at radius 2 is 2.00 bits per heavy atom. The zero-order chi connectivity index (χ0) is 11.1. The average molecular weight is 219 g/mol. The van der Waals surface area contributed by atoms with E-state index < -0.39 is 24.6 Å². The van der Waals surface area contributed by atoms with E-state index in [1.54, 1.807) is 0 Å². The summed E-state index contributed by atoms with van der Waals surface area (Å²) < 4.78 is 24.1. The Kier molecular flexibility index (Phi) is 2.79. The highest BCUT2D eigenvalue weighted by atomic mass is 19.3. The van der Waals surface area contributed by atoms with Crippen LogP contribution in [0, 0.1) is 5.92 Å². The summed E-state index contributed by atoms with van der Waals surface area (Å²) in [5, 5.41) is 22.3. The lowest BCUT2D eigenvalue weighted by Gasteiger charge is -2.38. The Hall–Kier alpha value is -0.520. The molecule has 0 amide bonds. The molecule has 0 unspecified atom stereocenters. The van der Waals surface area contributed by atoms with Gasteiger partial charge in [-0.05, 0) is 18.9 Å². The number of alkyl halides is 2. The molecule has 3 N–H and O–H groups in total. The predicted octanol–water partition coefficient (Wildman–Crippen LogP) is 0.282. The summed E-state index contributed by atoms with van der Waals surface area (Å²) in [7, 11) is 0. The first-order valence-corrected chi connectivity index (χ1v) is 5.13. The molecule has 0 aromatic heterocycles. The molecule has 3 atom stereocenters. The van der Waals surface area contributed by atoms with E-state index in [9.17, 15) is 19.0 Å². The van der Waals surface area contributed by atoms with Crippen LogP contribution in [0.3, 0.4) is 0 Å². The molecule has 0 aromatic rings. The molecule has 1 heterocycles. The number of hydrogen-bond acceptors (Lipinski definition) is 3. The molecular formula is C10H15F2NO2. The summed E-state index contributed by atoms with van der Waals surface area (Å²) in [6, 6.07) is 0. The molecular weight excluding hydrogens is 204 g/mol. The number of halogens is 2. The molecule has 1 aliphatic heterocycles. The Morgan fingerprint density at radius 3 is 2.53 bits per heavy atom. The van der Waals surface area contributed by atoms with E-state index in [1.807, 2.05) is 0 Å². The third kappa shape index (κ3) is 2.04. The molecule has 0 aromatic carbocycles. The summed E-state index contributed by atoms with van der Waals surface area (Å²) in [5.41, 5.74) is -0.246. The van der Waals surface area contributed by atoms with E-state index in [1.165, 1.54) is 6.08 Å². The minimum atomic E-state index is -2.51. The van der Waals surface area contributed by atoms with Gasteiger partial charge in [0.05, 0.1) is 12.2 Å². The van der Waals surface area contributed by atoms with E-state index >= 15 is 0 Å². The molecule has 86 valence electrons. The summed E-state index contributed by atoms with van der Waals surface area (Å²) in [6.45, 7) is 0.334. The molecule has 1 spiro atoms. The third-order valence-corrected chi connectivity index (χ3v) is 3.32. The molecule has 0 bridgehead atoms. The van der Waals surface area contributed by atoms with Crippen LogP contribution < -0.4 is 5.32 Å². The highest BCUT2D eigenvalue weighted by molar-refractivity contribution is 5.18. The van der Waals surface area contributed by atoms with Gasteiger partial charge in [0.2, 0.25) is 0 Å². The van der Waals surface area contributed by atoms with Gasteiger partial charge in [-0.15, -0.1) is 0 Å². The third-order valence-electron chi connectivity index (χ3n) is 3.32. The number of aliphatic hydroxyl groups is 2. The number of nitrogens with one attached hydrogen (secondary N) is 1. The van der Waals surface area contributed by atoms with Crippen LogP contribution in [-0.2, 0) is 0 Å². The number of rotatable bonds is 2. The van der Waals surface area contributed by atoms with Crippen molar-refractivity contribution in [3.63, 3.8) is 0 Å². The summed E-state index contributed by atoms with van der Waals surface area (Å²) in [5.74, 6) is -0.407. The number of piperidine rings is 1. The minimum absolute atomic E-state index is 0.246. The summed E-state index contributed by atoms with van der Waals surface area (Å²) in [6.07, 6.45) is -0.463. The quantitative estimate of drug-likeness (QED) is 0.585. The van der Waals surface area contributed by atoms with Gasteiger partial charge in [0.1, 0.15) is 0 Å². The molecule has 3 nitrogen and oxygen atoms in total. The summed E-state index contributed by atoms with van der Waals surface area (Å²) in [4.78, 5) is 0. The number of allylic oxidation sites excluding steroid dienone is 1. The average Bonchev–Trinajstić information content (AvgIpc) is 2.93. The van der Waals surface area contributed by atoms with Gasteiger partial charge in [0, 0.05) is 18.0 Å². The first kappa shape index (κ1) is 11.0. The van der Waals surface area contributed by atoms with Gasteiger partial charge in [-0.25, -0.2) is 8.78 Å². The first-order chi connectivity index (χ1) is 7.05. The van der Waals surface area contributed by atoms with Gasteiger partial charge in [-0.1, -0.05) is 6.08 Å². The van der Waals surface area contributed by atoms with Crippen LogP contribution in [0.1, 0.15) is 12.8 Å². The van der Waals surface area contributed by atoms with Crippen LogP contribution in [0.5, 0.6) is 0 Å². The zero-order valence-electron chi connectivity index (χ0n) is 8.24. The van der Waals surface area contributed by atoms with E-state index in [0.717, 1.165) is 18.9 Å². The second-order valence-corrected chi connectivity index (χ2v) is 4.34. The van der Waals surface area contributed by atoms with Crippen molar-refractivity contribution in [1.29, 1.82) is 0 Å². The van der Waals surface area contributed by atoms with Crippen LogP contribution in [0.25, 0.3) is 0 Å². The van der Waals surface area contributed by atoms with E-state index in [2.05, 4.69) is 5.32 Å². The smallest absolute Gasteiger partial charge is 0.257 e. The summed E-state index contributed by atoms with van der Waals surface area (Å²) >= 11 is 0. The van der Waals surface area contributed by atoms with Crippen molar-refractivity contribution >= 4 is 0 Å². The molecule has 1 saturated carbocycles. The molecule has 1 saturated heterocycles. The SMILES string of the molecule is O[C@H]1[C@H](O)CNC2(CC2)[C@@H]1/C=C/C(F)F. The maximum Gasteiger partial charge on any atom is 0.257 e. The van der Waals surface area contributed by atoms with Crippen molar-refractivity contribution in [2.24, 2.45) is 5.92 Å². The standard InChI is InChI=1S/C10H15F2NO2/c11-8(12)2-1-6-9(15)7(14)5-13-10(6)3-4-10/h1-2,6-9,13-15H,3-5H2/b2-1+/t6-,7-,9-/m1/s1. The largest absolute Gasteiger partial charge is 0.390 e. The van der Waals surface area contributed by atoms with Crippen LogP contribution in [0.4, 0.5) is 8.78 Å². The molecule has 0 radical (unpaired) electrons. The maximum atomic E-state index is 12.0. The number of β-amino-alcohol motifs (C(OH)–C–C–N with tert-alkyl or cyclic N) is 1. The minimum Gasteiger partial charge on any atom is -0.390 e. The Morgan fingerprint density at radius 1 is 1.33 bits per heavy atom. The fourth-order valence-electron chi connectivity index (χ4n) is 2.26. The Balaban J connectivity index is 2.10.